The highest BCUT2D eigenvalue weighted by molar-refractivity contribution is 9.10. The molecule has 1 amide bonds. The second kappa shape index (κ2) is 9.98. The largest absolute Gasteiger partial charge is 0.490 e. The summed E-state index contributed by atoms with van der Waals surface area (Å²) >= 11 is 3.46. The number of hydrogen-bond donors (Lipinski definition) is 3. The van der Waals surface area contributed by atoms with E-state index in [1.165, 1.54) is 0 Å². The number of nitriles is 1. The number of ether oxygens (including phenoxy) is 2. The molecule has 10 heteroatoms. The second-order valence-electron chi connectivity index (χ2n) is 6.67. The van der Waals surface area contributed by atoms with Crippen molar-refractivity contribution in [2.45, 2.75) is 13.8 Å². The summed E-state index contributed by atoms with van der Waals surface area (Å²) in [4.78, 5) is 20.4. The number of halogens is 1. The van der Waals surface area contributed by atoms with Gasteiger partial charge in [-0.2, -0.15) is 10.2 Å². The average molecular weight is 497 g/mol. The number of benzene rings is 2. The first kappa shape index (κ1) is 22.8. The summed E-state index contributed by atoms with van der Waals surface area (Å²) in [6, 6.07) is 12.7. The molecule has 5 N–H and O–H groups in total. The summed E-state index contributed by atoms with van der Waals surface area (Å²) in [5, 5.41) is 12.3. The molecular weight excluding hydrogens is 476 g/mol. The monoisotopic (exact) mass is 496 g/mol. The van der Waals surface area contributed by atoms with E-state index in [1.807, 2.05) is 44.2 Å². The number of aryl methyl sites for hydroxylation is 1. The van der Waals surface area contributed by atoms with Crippen LogP contribution in [-0.2, 0) is 4.79 Å². The average Bonchev–Trinajstić information content (AvgIpc) is 2.75. The van der Waals surface area contributed by atoms with E-state index in [0.717, 1.165) is 5.56 Å². The fourth-order valence-electron chi connectivity index (χ4n) is 2.94. The van der Waals surface area contributed by atoms with E-state index >= 15 is 0 Å². The maximum Gasteiger partial charge on any atom is 0.262 e. The zero-order chi connectivity index (χ0) is 23.3. The van der Waals surface area contributed by atoms with Crippen LogP contribution in [0.5, 0.6) is 11.5 Å². The normalized spacial score (nSPS) is 10.3. The minimum absolute atomic E-state index is 0.0203. The third-order valence-corrected chi connectivity index (χ3v) is 5.09. The van der Waals surface area contributed by atoms with Crippen molar-refractivity contribution in [1.29, 1.82) is 5.26 Å². The van der Waals surface area contributed by atoms with E-state index in [-0.39, 0.29) is 35.5 Å². The number of anilines is 3. The lowest BCUT2D eigenvalue weighted by molar-refractivity contribution is -0.118. The van der Waals surface area contributed by atoms with E-state index in [4.69, 9.17) is 20.9 Å². The Hall–Kier alpha value is -3.84. The van der Waals surface area contributed by atoms with Crippen LogP contribution in [0.3, 0.4) is 0 Å². The number of nitrogens with zero attached hydrogens (tertiary/aromatic N) is 3. The third-order valence-electron chi connectivity index (χ3n) is 4.43. The summed E-state index contributed by atoms with van der Waals surface area (Å²) in [6.07, 6.45) is 0. The molecule has 3 aromatic rings. The molecule has 0 saturated heterocycles. The quantitative estimate of drug-likeness (QED) is 0.448. The summed E-state index contributed by atoms with van der Waals surface area (Å²) in [5.41, 5.74) is 14.1. The van der Waals surface area contributed by atoms with Gasteiger partial charge in [0.05, 0.1) is 12.3 Å². The summed E-state index contributed by atoms with van der Waals surface area (Å²) < 4.78 is 12.0. The fraction of sp³-hybridized carbons (Fsp3) is 0.182. The van der Waals surface area contributed by atoms with Crippen LogP contribution in [0.1, 0.15) is 18.1 Å². The maximum absolute atomic E-state index is 12.4. The van der Waals surface area contributed by atoms with Crippen LogP contribution >= 0.6 is 15.9 Å². The van der Waals surface area contributed by atoms with Gasteiger partial charge in [-0.1, -0.05) is 18.2 Å². The van der Waals surface area contributed by atoms with Gasteiger partial charge in [-0.25, -0.2) is 4.98 Å². The molecule has 0 atom stereocenters. The van der Waals surface area contributed by atoms with Gasteiger partial charge in [0.25, 0.3) is 5.91 Å². The topological polar surface area (TPSA) is 149 Å². The number of para-hydroxylation sites is 1. The van der Waals surface area contributed by atoms with Gasteiger partial charge in [0.2, 0.25) is 5.95 Å². The molecule has 2 aromatic carbocycles. The van der Waals surface area contributed by atoms with Crippen molar-refractivity contribution in [2.24, 2.45) is 0 Å². The number of nitrogens with one attached hydrogen (secondary N) is 1. The van der Waals surface area contributed by atoms with Crippen molar-refractivity contribution in [3.05, 3.63) is 52.0 Å². The highest BCUT2D eigenvalue weighted by Crippen LogP contribution is 2.40. The van der Waals surface area contributed by atoms with Crippen molar-refractivity contribution >= 4 is 39.3 Å². The van der Waals surface area contributed by atoms with E-state index in [9.17, 15) is 10.1 Å². The number of carbonyl (C=O) groups excluding carboxylic acids is 1. The van der Waals surface area contributed by atoms with Gasteiger partial charge < -0.3 is 26.3 Å². The van der Waals surface area contributed by atoms with Crippen molar-refractivity contribution < 1.29 is 14.3 Å². The van der Waals surface area contributed by atoms with Crippen LogP contribution in [0, 0.1) is 18.3 Å². The van der Waals surface area contributed by atoms with E-state index in [1.54, 1.807) is 12.1 Å². The number of nitrogen functional groups attached to an aromatic ring is 2. The van der Waals surface area contributed by atoms with Crippen LogP contribution in [0.2, 0.25) is 0 Å². The zero-order valence-electron chi connectivity index (χ0n) is 17.5. The Kier molecular flexibility index (Phi) is 7.12. The van der Waals surface area contributed by atoms with E-state index in [2.05, 4.69) is 31.2 Å². The van der Waals surface area contributed by atoms with Gasteiger partial charge in [-0.05, 0) is 53.5 Å². The first-order valence-electron chi connectivity index (χ1n) is 9.62. The summed E-state index contributed by atoms with van der Waals surface area (Å²) in [7, 11) is 0. The minimum Gasteiger partial charge on any atom is -0.490 e. The molecule has 32 heavy (non-hydrogen) atoms. The van der Waals surface area contributed by atoms with Gasteiger partial charge in [-0.15, -0.1) is 0 Å². The Labute approximate surface area is 193 Å². The zero-order valence-corrected chi connectivity index (χ0v) is 19.1. The minimum atomic E-state index is -0.315. The van der Waals surface area contributed by atoms with Crippen LogP contribution in [0.15, 0.2) is 40.9 Å². The van der Waals surface area contributed by atoms with Gasteiger partial charge in [0.1, 0.15) is 17.5 Å². The van der Waals surface area contributed by atoms with Crippen molar-refractivity contribution in [1.82, 2.24) is 9.97 Å². The predicted molar refractivity (Wildman–Crippen MR) is 125 cm³/mol. The van der Waals surface area contributed by atoms with Gasteiger partial charge >= 0.3 is 0 Å². The first-order chi connectivity index (χ1) is 15.3. The van der Waals surface area contributed by atoms with Crippen molar-refractivity contribution in [3.8, 4) is 28.8 Å². The number of hydrogen-bond acceptors (Lipinski definition) is 8. The maximum atomic E-state index is 12.4. The molecule has 0 saturated carbocycles. The van der Waals surface area contributed by atoms with Gasteiger partial charge in [0.15, 0.2) is 18.1 Å². The van der Waals surface area contributed by atoms with Crippen molar-refractivity contribution in [3.63, 3.8) is 0 Å². The molecule has 0 aliphatic rings. The number of rotatable bonds is 7. The molecule has 3 rings (SSSR count). The highest BCUT2D eigenvalue weighted by atomic mass is 79.9. The van der Waals surface area contributed by atoms with Crippen LogP contribution in [-0.4, -0.2) is 29.1 Å². The molecule has 1 heterocycles. The number of amides is 1. The van der Waals surface area contributed by atoms with E-state index in [0.29, 0.717) is 33.8 Å². The predicted octanol–water partition coefficient (Wildman–Crippen LogP) is 3.67. The smallest absolute Gasteiger partial charge is 0.262 e. The van der Waals surface area contributed by atoms with Crippen LogP contribution < -0.4 is 26.3 Å². The SMILES string of the molecule is CCOc1cc(-c2nc(N)nc(N)c2C#N)c(Br)cc1OCC(=O)Nc1ccccc1C. The fourth-order valence-corrected chi connectivity index (χ4v) is 3.45. The molecule has 0 bridgehead atoms. The molecule has 164 valence electrons. The van der Waals surface area contributed by atoms with Gasteiger partial charge in [0, 0.05) is 15.7 Å². The molecule has 0 aliphatic carbocycles. The Bertz CT molecular complexity index is 1210. The molecule has 0 fully saturated rings. The lowest BCUT2D eigenvalue weighted by Gasteiger charge is -2.16. The number of aromatic nitrogens is 2. The first-order valence-corrected chi connectivity index (χ1v) is 10.4. The lowest BCUT2D eigenvalue weighted by Crippen LogP contribution is -2.20. The van der Waals surface area contributed by atoms with E-state index < -0.39 is 0 Å². The van der Waals surface area contributed by atoms with Crippen LogP contribution in [0.4, 0.5) is 17.5 Å². The molecule has 0 aliphatic heterocycles. The summed E-state index contributed by atoms with van der Waals surface area (Å²) in [5.74, 6) is 0.317. The van der Waals surface area contributed by atoms with Gasteiger partial charge in [-0.3, -0.25) is 4.79 Å². The lowest BCUT2D eigenvalue weighted by atomic mass is 10.1. The Balaban J connectivity index is 1.89. The molecule has 9 nitrogen and oxygen atoms in total. The highest BCUT2D eigenvalue weighted by Gasteiger charge is 2.19. The molecular formula is C22H21BrN6O3. The molecule has 0 radical (unpaired) electrons. The second-order valence-corrected chi connectivity index (χ2v) is 7.52. The molecule has 1 aromatic heterocycles. The van der Waals surface area contributed by atoms with Crippen LogP contribution in [0.25, 0.3) is 11.3 Å². The Morgan fingerprint density at radius 1 is 1.19 bits per heavy atom. The number of carbonyl (C=O) groups is 1. The van der Waals surface area contributed by atoms with Crippen molar-refractivity contribution in [2.75, 3.05) is 30.0 Å². The Morgan fingerprint density at radius 3 is 2.59 bits per heavy atom. The summed E-state index contributed by atoms with van der Waals surface area (Å²) in [6.45, 7) is 3.85. The molecule has 0 spiro atoms. The third kappa shape index (κ3) is 5.07. The Morgan fingerprint density at radius 2 is 1.91 bits per heavy atom. The standard InChI is InChI=1S/C22H21BrN6O3/c1-3-31-17-8-13(20-14(10-24)21(25)29-22(26)28-20)15(23)9-18(17)32-11-19(30)27-16-7-5-4-6-12(16)2/h4-9H,3,11H2,1-2H3,(H,27,30)(H4,25,26,28,29). The number of nitrogens with two attached hydrogens (primary N) is 2. The molecule has 0 unspecified atom stereocenters.